The molecule has 1 aromatic carbocycles. The molecular formula is C16H21F2NO. The normalized spacial score (nSPS) is 16.4. The molecule has 0 bridgehead atoms. The summed E-state index contributed by atoms with van der Waals surface area (Å²) in [6, 6.07) is 3.78. The Hall–Kier alpha value is -1.42. The molecule has 1 aromatic rings. The van der Waals surface area contributed by atoms with Gasteiger partial charge < -0.3 is 10.1 Å². The summed E-state index contributed by atoms with van der Waals surface area (Å²) in [6.07, 6.45) is 5.35. The first-order valence-electron chi connectivity index (χ1n) is 7.18. The summed E-state index contributed by atoms with van der Waals surface area (Å²) in [6.45, 7) is 3.72. The van der Waals surface area contributed by atoms with Gasteiger partial charge >= 0.3 is 0 Å². The number of nitrogens with one attached hydrogen (secondary N) is 1. The number of hydrogen-bond acceptors (Lipinski definition) is 2. The van der Waals surface area contributed by atoms with Gasteiger partial charge in [-0.15, -0.1) is 0 Å². The van der Waals surface area contributed by atoms with Crippen LogP contribution in [0.1, 0.15) is 31.7 Å². The number of halogens is 2. The molecule has 2 rings (SSSR count). The van der Waals surface area contributed by atoms with Gasteiger partial charge in [0, 0.05) is 12.1 Å². The summed E-state index contributed by atoms with van der Waals surface area (Å²) in [7, 11) is 0. The zero-order chi connectivity index (χ0) is 14.4. The summed E-state index contributed by atoms with van der Waals surface area (Å²) in [5.74, 6) is -1.05. The fourth-order valence-corrected chi connectivity index (χ4v) is 2.46. The lowest BCUT2D eigenvalue weighted by Crippen LogP contribution is -2.34. The maximum absolute atomic E-state index is 13.3. The van der Waals surface area contributed by atoms with Gasteiger partial charge in [-0.2, -0.15) is 0 Å². The van der Waals surface area contributed by atoms with E-state index in [-0.39, 0.29) is 6.04 Å². The van der Waals surface area contributed by atoms with Crippen molar-refractivity contribution in [2.75, 3.05) is 13.2 Å². The molecule has 0 saturated heterocycles. The Morgan fingerprint density at radius 2 is 2.00 bits per heavy atom. The number of ether oxygens (including phenoxy) is 1. The quantitative estimate of drug-likeness (QED) is 0.860. The van der Waals surface area contributed by atoms with Crippen molar-refractivity contribution in [1.29, 1.82) is 0 Å². The van der Waals surface area contributed by atoms with E-state index >= 15 is 0 Å². The number of hydrogen-bond donors (Lipinski definition) is 1. The van der Waals surface area contributed by atoms with Crippen molar-refractivity contribution in [2.24, 2.45) is 0 Å². The van der Waals surface area contributed by atoms with Gasteiger partial charge in [0.15, 0.2) is 0 Å². The fraction of sp³-hybridized carbons (Fsp3) is 0.500. The van der Waals surface area contributed by atoms with Crippen LogP contribution in [-0.2, 0) is 11.2 Å². The van der Waals surface area contributed by atoms with Gasteiger partial charge in [-0.3, -0.25) is 0 Å². The van der Waals surface area contributed by atoms with E-state index in [1.54, 1.807) is 6.26 Å². The summed E-state index contributed by atoms with van der Waals surface area (Å²) in [5, 5.41) is 3.43. The zero-order valence-corrected chi connectivity index (χ0v) is 11.8. The minimum Gasteiger partial charge on any atom is -0.501 e. The van der Waals surface area contributed by atoms with E-state index in [0.29, 0.717) is 12.0 Å². The molecule has 2 nitrogen and oxygen atoms in total. The molecule has 1 atom stereocenters. The lowest BCUT2D eigenvalue weighted by Gasteiger charge is -2.24. The molecule has 0 fully saturated rings. The molecule has 0 radical (unpaired) electrons. The highest BCUT2D eigenvalue weighted by Crippen LogP contribution is 2.20. The third-order valence-electron chi connectivity index (χ3n) is 3.41. The van der Waals surface area contributed by atoms with Gasteiger partial charge in [0.1, 0.15) is 11.6 Å². The van der Waals surface area contributed by atoms with E-state index in [9.17, 15) is 8.78 Å². The smallest absolute Gasteiger partial charge is 0.126 e. The third kappa shape index (κ3) is 4.30. The van der Waals surface area contributed by atoms with Crippen molar-refractivity contribution >= 4 is 0 Å². The second-order valence-corrected chi connectivity index (χ2v) is 5.16. The average molecular weight is 281 g/mol. The van der Waals surface area contributed by atoms with Crippen LogP contribution in [0, 0.1) is 11.6 Å². The highest BCUT2D eigenvalue weighted by Gasteiger charge is 2.17. The highest BCUT2D eigenvalue weighted by atomic mass is 19.1. The van der Waals surface area contributed by atoms with E-state index in [2.05, 4.69) is 12.2 Å². The van der Waals surface area contributed by atoms with E-state index < -0.39 is 11.6 Å². The Bertz CT molecular complexity index is 453. The van der Waals surface area contributed by atoms with Gasteiger partial charge in [-0.05, 0) is 55.5 Å². The SMILES string of the molecule is CCCNC(Cc1cc(F)cc(F)c1)C1=COCCC1. The molecule has 110 valence electrons. The summed E-state index contributed by atoms with van der Waals surface area (Å²) in [4.78, 5) is 0. The second-order valence-electron chi connectivity index (χ2n) is 5.16. The molecule has 0 aromatic heterocycles. The Labute approximate surface area is 118 Å². The molecule has 1 aliphatic heterocycles. The monoisotopic (exact) mass is 281 g/mol. The lowest BCUT2D eigenvalue weighted by molar-refractivity contribution is 0.219. The topological polar surface area (TPSA) is 21.3 Å². The zero-order valence-electron chi connectivity index (χ0n) is 11.8. The van der Waals surface area contributed by atoms with Crippen LogP contribution in [0.2, 0.25) is 0 Å². The van der Waals surface area contributed by atoms with Crippen molar-refractivity contribution in [1.82, 2.24) is 5.32 Å². The van der Waals surface area contributed by atoms with Crippen molar-refractivity contribution in [3.05, 3.63) is 47.2 Å². The summed E-state index contributed by atoms with van der Waals surface area (Å²) >= 11 is 0. The Morgan fingerprint density at radius 1 is 1.25 bits per heavy atom. The minimum absolute atomic E-state index is 0.0800. The van der Waals surface area contributed by atoms with Gasteiger partial charge in [-0.25, -0.2) is 8.78 Å². The molecule has 1 aliphatic rings. The number of benzene rings is 1. The highest BCUT2D eigenvalue weighted by molar-refractivity contribution is 5.22. The first-order valence-corrected chi connectivity index (χ1v) is 7.18. The fourth-order valence-electron chi connectivity index (χ4n) is 2.46. The molecule has 0 spiro atoms. The van der Waals surface area contributed by atoms with Crippen LogP contribution in [0.3, 0.4) is 0 Å². The molecule has 0 aliphatic carbocycles. The molecule has 1 N–H and O–H groups in total. The van der Waals surface area contributed by atoms with Crippen molar-refractivity contribution in [3.8, 4) is 0 Å². The van der Waals surface area contributed by atoms with E-state index in [1.807, 2.05) is 0 Å². The van der Waals surface area contributed by atoms with Gasteiger partial charge in [0.2, 0.25) is 0 Å². The molecular weight excluding hydrogens is 260 g/mol. The number of rotatable bonds is 6. The van der Waals surface area contributed by atoms with Crippen LogP contribution in [0.4, 0.5) is 8.78 Å². The first-order chi connectivity index (χ1) is 9.69. The minimum atomic E-state index is -0.525. The van der Waals surface area contributed by atoms with Crippen LogP contribution in [0.25, 0.3) is 0 Å². The maximum atomic E-state index is 13.3. The Balaban J connectivity index is 2.11. The van der Waals surface area contributed by atoms with Gasteiger partial charge in [0.25, 0.3) is 0 Å². The molecule has 4 heteroatoms. The molecule has 0 saturated carbocycles. The lowest BCUT2D eigenvalue weighted by atomic mass is 9.95. The molecule has 1 heterocycles. The second kappa shape index (κ2) is 7.39. The van der Waals surface area contributed by atoms with E-state index in [1.165, 1.54) is 17.7 Å². The maximum Gasteiger partial charge on any atom is 0.126 e. The Kier molecular flexibility index (Phi) is 5.53. The molecule has 1 unspecified atom stereocenters. The molecule has 20 heavy (non-hydrogen) atoms. The third-order valence-corrected chi connectivity index (χ3v) is 3.41. The van der Waals surface area contributed by atoms with Crippen molar-refractivity contribution < 1.29 is 13.5 Å². The van der Waals surface area contributed by atoms with Gasteiger partial charge in [0.05, 0.1) is 12.9 Å². The van der Waals surface area contributed by atoms with Crippen LogP contribution < -0.4 is 5.32 Å². The standard InChI is InChI=1S/C16H21F2NO/c1-2-5-19-16(13-4-3-6-20-11-13)9-12-7-14(17)10-15(18)8-12/h7-8,10-11,16,19H,2-6,9H2,1H3. The summed E-state index contributed by atoms with van der Waals surface area (Å²) < 4.78 is 31.9. The molecule has 0 amide bonds. The van der Waals surface area contributed by atoms with E-state index in [0.717, 1.165) is 38.5 Å². The largest absolute Gasteiger partial charge is 0.501 e. The van der Waals surface area contributed by atoms with Crippen LogP contribution in [0.5, 0.6) is 0 Å². The first kappa shape index (κ1) is 15.0. The van der Waals surface area contributed by atoms with Crippen molar-refractivity contribution in [2.45, 2.75) is 38.6 Å². The van der Waals surface area contributed by atoms with Crippen LogP contribution >= 0.6 is 0 Å². The summed E-state index contributed by atoms with van der Waals surface area (Å²) in [5.41, 5.74) is 1.84. The predicted molar refractivity (Wildman–Crippen MR) is 75.4 cm³/mol. The van der Waals surface area contributed by atoms with Crippen LogP contribution in [0.15, 0.2) is 30.0 Å². The van der Waals surface area contributed by atoms with Gasteiger partial charge in [-0.1, -0.05) is 6.92 Å². The van der Waals surface area contributed by atoms with Crippen molar-refractivity contribution in [3.63, 3.8) is 0 Å². The predicted octanol–water partition coefficient (Wildman–Crippen LogP) is 3.57. The van der Waals surface area contributed by atoms with Crippen LogP contribution in [-0.4, -0.2) is 19.2 Å². The Morgan fingerprint density at radius 3 is 2.60 bits per heavy atom. The van der Waals surface area contributed by atoms with E-state index in [4.69, 9.17) is 4.74 Å². The average Bonchev–Trinajstić information content (AvgIpc) is 2.43.